The lowest BCUT2D eigenvalue weighted by Gasteiger charge is -2.06. The topological polar surface area (TPSA) is 72.5 Å². The van der Waals surface area contributed by atoms with Crippen molar-refractivity contribution in [2.24, 2.45) is 0 Å². The number of hydrogen-bond acceptors (Lipinski definition) is 5. The summed E-state index contributed by atoms with van der Waals surface area (Å²) in [6, 6.07) is 10.1. The van der Waals surface area contributed by atoms with Crippen LogP contribution >= 0.6 is 22.9 Å². The van der Waals surface area contributed by atoms with Gasteiger partial charge in [0.05, 0.1) is 23.9 Å². The lowest BCUT2D eigenvalue weighted by atomic mass is 10.3. The molecule has 0 saturated carbocycles. The molecule has 0 saturated heterocycles. The Balaban J connectivity index is 1.79. The number of rotatable bonds is 4. The van der Waals surface area contributed by atoms with Crippen molar-refractivity contribution in [2.75, 3.05) is 24.9 Å². The van der Waals surface area contributed by atoms with Gasteiger partial charge in [0.25, 0.3) is 0 Å². The van der Waals surface area contributed by atoms with Gasteiger partial charge in [0.2, 0.25) is 0 Å². The number of thiazole rings is 1. The van der Waals surface area contributed by atoms with Crippen LogP contribution in [-0.4, -0.2) is 25.2 Å². The molecule has 2 aromatic carbocycles. The number of amides is 2. The van der Waals surface area contributed by atoms with Gasteiger partial charge in [-0.05, 0) is 24.3 Å². The Hall–Kier alpha value is -2.51. The zero-order valence-electron chi connectivity index (χ0n) is 12.9. The average Bonchev–Trinajstić information content (AvgIpc) is 2.99. The Morgan fingerprint density at radius 1 is 1.17 bits per heavy atom. The predicted molar refractivity (Wildman–Crippen MR) is 96.8 cm³/mol. The number of halogens is 1. The SMILES string of the molecule is COc1cccc(NC(=O)Nc2nc3c(OC)ccc(Cl)c3s2)c1. The van der Waals surface area contributed by atoms with Crippen molar-refractivity contribution in [3.63, 3.8) is 0 Å². The van der Waals surface area contributed by atoms with Gasteiger partial charge in [-0.15, -0.1) is 0 Å². The number of benzene rings is 2. The quantitative estimate of drug-likeness (QED) is 0.709. The molecule has 8 heteroatoms. The first-order valence-electron chi connectivity index (χ1n) is 6.96. The molecule has 0 spiro atoms. The van der Waals surface area contributed by atoms with Crippen molar-refractivity contribution in [1.29, 1.82) is 0 Å². The van der Waals surface area contributed by atoms with E-state index in [-0.39, 0.29) is 0 Å². The van der Waals surface area contributed by atoms with E-state index in [0.29, 0.717) is 32.9 Å². The van der Waals surface area contributed by atoms with Gasteiger partial charge in [-0.1, -0.05) is 29.0 Å². The van der Waals surface area contributed by atoms with Crippen molar-refractivity contribution in [3.8, 4) is 11.5 Å². The minimum absolute atomic E-state index is 0.405. The predicted octanol–water partition coefficient (Wildman–Crippen LogP) is 4.61. The average molecular weight is 364 g/mol. The smallest absolute Gasteiger partial charge is 0.325 e. The Morgan fingerprint density at radius 3 is 2.75 bits per heavy atom. The van der Waals surface area contributed by atoms with E-state index in [2.05, 4.69) is 15.6 Å². The first kappa shape index (κ1) is 16.4. The molecule has 1 aromatic heterocycles. The van der Waals surface area contributed by atoms with Gasteiger partial charge < -0.3 is 14.8 Å². The van der Waals surface area contributed by atoms with E-state index in [1.807, 2.05) is 0 Å². The van der Waals surface area contributed by atoms with Crippen molar-refractivity contribution >= 4 is 50.0 Å². The Kier molecular flexibility index (Phi) is 4.73. The van der Waals surface area contributed by atoms with Gasteiger partial charge >= 0.3 is 6.03 Å². The molecule has 0 aliphatic carbocycles. The third kappa shape index (κ3) is 3.37. The largest absolute Gasteiger partial charge is 0.497 e. The molecule has 0 aliphatic heterocycles. The van der Waals surface area contributed by atoms with E-state index in [1.54, 1.807) is 50.6 Å². The van der Waals surface area contributed by atoms with Gasteiger partial charge in [-0.25, -0.2) is 9.78 Å². The van der Waals surface area contributed by atoms with Gasteiger partial charge in [-0.3, -0.25) is 5.32 Å². The lowest BCUT2D eigenvalue weighted by molar-refractivity contribution is 0.262. The molecular weight excluding hydrogens is 350 g/mol. The zero-order valence-corrected chi connectivity index (χ0v) is 14.5. The molecule has 0 atom stereocenters. The number of hydrogen-bond donors (Lipinski definition) is 2. The number of urea groups is 1. The lowest BCUT2D eigenvalue weighted by Crippen LogP contribution is -2.19. The van der Waals surface area contributed by atoms with E-state index in [4.69, 9.17) is 21.1 Å². The number of anilines is 2. The summed E-state index contributed by atoms with van der Waals surface area (Å²) in [7, 11) is 3.13. The van der Waals surface area contributed by atoms with Crippen LogP contribution in [0.2, 0.25) is 5.02 Å². The summed E-state index contributed by atoms with van der Waals surface area (Å²) in [5.74, 6) is 1.26. The Morgan fingerprint density at radius 2 is 2.00 bits per heavy atom. The van der Waals surface area contributed by atoms with Crippen LogP contribution < -0.4 is 20.1 Å². The monoisotopic (exact) mass is 363 g/mol. The van der Waals surface area contributed by atoms with E-state index in [0.717, 1.165) is 4.70 Å². The zero-order chi connectivity index (χ0) is 17.1. The van der Waals surface area contributed by atoms with E-state index < -0.39 is 6.03 Å². The van der Waals surface area contributed by atoms with Crippen LogP contribution in [0.5, 0.6) is 11.5 Å². The molecule has 1 heterocycles. The maximum Gasteiger partial charge on any atom is 0.325 e. The number of nitrogens with one attached hydrogen (secondary N) is 2. The van der Waals surface area contributed by atoms with Gasteiger partial charge in [0.15, 0.2) is 5.13 Å². The second-order valence-electron chi connectivity index (χ2n) is 4.76. The number of nitrogens with zero attached hydrogens (tertiary/aromatic N) is 1. The third-order valence-corrected chi connectivity index (χ3v) is 4.66. The molecule has 124 valence electrons. The number of carbonyl (C=O) groups is 1. The number of ether oxygens (including phenoxy) is 2. The van der Waals surface area contributed by atoms with Crippen LogP contribution in [0.4, 0.5) is 15.6 Å². The molecule has 3 aromatic rings. The fraction of sp³-hybridized carbons (Fsp3) is 0.125. The number of aromatic nitrogens is 1. The summed E-state index contributed by atoms with van der Waals surface area (Å²) in [6.45, 7) is 0. The first-order valence-corrected chi connectivity index (χ1v) is 8.15. The Labute approximate surface area is 147 Å². The van der Waals surface area contributed by atoms with Crippen molar-refractivity contribution < 1.29 is 14.3 Å². The highest BCUT2D eigenvalue weighted by Gasteiger charge is 2.14. The maximum atomic E-state index is 12.1. The van der Waals surface area contributed by atoms with Crippen LogP contribution in [0, 0.1) is 0 Å². The fourth-order valence-corrected chi connectivity index (χ4v) is 3.28. The highest BCUT2D eigenvalue weighted by molar-refractivity contribution is 7.23. The minimum Gasteiger partial charge on any atom is -0.497 e. The molecule has 3 rings (SSSR count). The number of carbonyl (C=O) groups excluding carboxylic acids is 1. The molecular formula is C16H14ClN3O3S. The molecule has 0 radical (unpaired) electrons. The van der Waals surface area contributed by atoms with E-state index in [9.17, 15) is 4.79 Å². The summed E-state index contributed by atoms with van der Waals surface area (Å²) in [6.07, 6.45) is 0. The van der Waals surface area contributed by atoms with Crippen LogP contribution in [0.1, 0.15) is 0 Å². The van der Waals surface area contributed by atoms with Gasteiger partial charge in [0.1, 0.15) is 17.0 Å². The summed E-state index contributed by atoms with van der Waals surface area (Å²) in [4.78, 5) is 16.5. The third-order valence-electron chi connectivity index (χ3n) is 3.23. The van der Waals surface area contributed by atoms with Gasteiger partial charge in [-0.2, -0.15) is 0 Å². The number of methoxy groups -OCH3 is 2. The summed E-state index contributed by atoms with van der Waals surface area (Å²) >= 11 is 7.45. The normalized spacial score (nSPS) is 10.5. The second kappa shape index (κ2) is 6.94. The summed E-state index contributed by atoms with van der Waals surface area (Å²) in [5.41, 5.74) is 1.23. The molecule has 0 bridgehead atoms. The van der Waals surface area contributed by atoms with Crippen LogP contribution in [0.15, 0.2) is 36.4 Å². The molecule has 6 nitrogen and oxygen atoms in total. The fourth-order valence-electron chi connectivity index (χ4n) is 2.13. The standard InChI is InChI=1S/C16H14ClN3O3S/c1-22-10-5-3-4-9(8-10)18-15(21)20-16-19-13-12(23-2)7-6-11(17)14(13)24-16/h3-8H,1-2H3,(H2,18,19,20,21). The first-order chi connectivity index (χ1) is 11.6. The highest BCUT2D eigenvalue weighted by atomic mass is 35.5. The molecule has 24 heavy (non-hydrogen) atoms. The molecule has 2 N–H and O–H groups in total. The van der Waals surface area contributed by atoms with Crippen LogP contribution in [0.3, 0.4) is 0 Å². The molecule has 0 fully saturated rings. The van der Waals surface area contributed by atoms with Crippen molar-refractivity contribution in [3.05, 3.63) is 41.4 Å². The van der Waals surface area contributed by atoms with Gasteiger partial charge in [0, 0.05) is 11.8 Å². The van der Waals surface area contributed by atoms with Crippen molar-refractivity contribution in [1.82, 2.24) is 4.98 Å². The van der Waals surface area contributed by atoms with Crippen LogP contribution in [-0.2, 0) is 0 Å². The summed E-state index contributed by atoms with van der Waals surface area (Å²) < 4.78 is 11.1. The molecule has 0 aliphatic rings. The maximum absolute atomic E-state index is 12.1. The Bertz CT molecular complexity index is 897. The second-order valence-corrected chi connectivity index (χ2v) is 6.16. The number of fused-ring (bicyclic) bond motifs is 1. The minimum atomic E-state index is -0.405. The molecule has 0 unspecified atom stereocenters. The van der Waals surface area contributed by atoms with Crippen LogP contribution in [0.25, 0.3) is 10.2 Å². The highest BCUT2D eigenvalue weighted by Crippen LogP contribution is 2.37. The van der Waals surface area contributed by atoms with E-state index in [1.165, 1.54) is 11.3 Å². The van der Waals surface area contributed by atoms with Crippen molar-refractivity contribution in [2.45, 2.75) is 0 Å². The summed E-state index contributed by atoms with van der Waals surface area (Å²) in [5, 5.41) is 6.41. The molecule has 2 amide bonds. The van der Waals surface area contributed by atoms with E-state index >= 15 is 0 Å².